The predicted molar refractivity (Wildman–Crippen MR) is 126 cm³/mol. The summed E-state index contributed by atoms with van der Waals surface area (Å²) in [6, 6.07) is 11.1. The van der Waals surface area contributed by atoms with E-state index in [1.165, 1.54) is 0 Å². The second-order valence-electron chi connectivity index (χ2n) is 7.90. The lowest BCUT2D eigenvalue weighted by molar-refractivity contribution is 0.102. The lowest BCUT2D eigenvalue weighted by Gasteiger charge is -2.32. The number of amides is 1. The van der Waals surface area contributed by atoms with Crippen LogP contribution in [-0.4, -0.2) is 64.0 Å². The zero-order chi connectivity index (χ0) is 22.5. The third-order valence-electron chi connectivity index (χ3n) is 5.31. The first-order valence-corrected chi connectivity index (χ1v) is 10.8. The number of carbonyl (C=O) groups is 1. The molecule has 1 saturated heterocycles. The molecule has 0 unspecified atom stereocenters. The Labute approximate surface area is 187 Å². The van der Waals surface area contributed by atoms with E-state index in [1.54, 1.807) is 18.3 Å². The fraction of sp³-hybridized carbons (Fsp3) is 0.348. The van der Waals surface area contributed by atoms with Gasteiger partial charge in [0, 0.05) is 50.0 Å². The van der Waals surface area contributed by atoms with Crippen molar-refractivity contribution >= 4 is 29.3 Å². The molecule has 0 atom stereocenters. The Hall–Kier alpha value is -3.59. The molecule has 1 aliphatic heterocycles. The van der Waals surface area contributed by atoms with Crippen molar-refractivity contribution < 1.29 is 4.79 Å². The van der Waals surface area contributed by atoms with E-state index in [-0.39, 0.29) is 5.91 Å². The van der Waals surface area contributed by atoms with Crippen LogP contribution in [0.15, 0.2) is 42.6 Å². The molecule has 0 spiro atoms. The molecule has 32 heavy (non-hydrogen) atoms. The minimum Gasteiger partial charge on any atom is -0.338 e. The molecule has 9 nitrogen and oxygen atoms in total. The van der Waals surface area contributed by atoms with E-state index in [4.69, 9.17) is 0 Å². The first kappa shape index (κ1) is 21.6. The van der Waals surface area contributed by atoms with Crippen molar-refractivity contribution in [1.82, 2.24) is 24.8 Å². The largest absolute Gasteiger partial charge is 0.338 e. The van der Waals surface area contributed by atoms with Gasteiger partial charge in [-0.2, -0.15) is 15.0 Å². The summed E-state index contributed by atoms with van der Waals surface area (Å²) in [6.45, 7) is 7.68. The maximum absolute atomic E-state index is 12.7. The summed E-state index contributed by atoms with van der Waals surface area (Å²) >= 11 is 0. The second kappa shape index (κ2) is 9.69. The van der Waals surface area contributed by atoms with E-state index >= 15 is 0 Å². The smallest absolute Gasteiger partial charge is 0.255 e. The van der Waals surface area contributed by atoms with Gasteiger partial charge in [-0.3, -0.25) is 4.79 Å². The molecule has 4 rings (SSSR count). The van der Waals surface area contributed by atoms with E-state index in [2.05, 4.69) is 47.4 Å². The zero-order valence-electron chi connectivity index (χ0n) is 18.7. The van der Waals surface area contributed by atoms with E-state index in [1.807, 2.05) is 38.1 Å². The first-order valence-electron chi connectivity index (χ1n) is 10.8. The van der Waals surface area contributed by atoms with Crippen LogP contribution in [0.4, 0.5) is 23.4 Å². The number of benzene rings is 1. The number of likely N-dealkylation sites (N-methyl/N-ethyl adjacent to an activating group) is 1. The molecule has 0 aliphatic carbocycles. The predicted octanol–water partition coefficient (Wildman–Crippen LogP) is 2.89. The molecule has 0 bridgehead atoms. The quantitative estimate of drug-likeness (QED) is 0.613. The van der Waals surface area contributed by atoms with Crippen molar-refractivity contribution in [2.45, 2.75) is 20.3 Å². The molecule has 1 aliphatic rings. The Morgan fingerprint density at radius 1 is 1.06 bits per heavy atom. The van der Waals surface area contributed by atoms with Crippen molar-refractivity contribution in [1.29, 1.82) is 0 Å². The van der Waals surface area contributed by atoms with Crippen LogP contribution in [0, 0.1) is 6.92 Å². The Morgan fingerprint density at radius 3 is 2.62 bits per heavy atom. The SMILES string of the molecule is CCc1nc(Nc2cc(C(=O)Nc3cccc(C)c3)ccn2)nc(N2CCN(C)CC2)n1. The highest BCUT2D eigenvalue weighted by Gasteiger charge is 2.18. The van der Waals surface area contributed by atoms with Gasteiger partial charge in [-0.1, -0.05) is 19.1 Å². The summed E-state index contributed by atoms with van der Waals surface area (Å²) in [4.78, 5) is 35.2. The van der Waals surface area contributed by atoms with Gasteiger partial charge in [0.2, 0.25) is 11.9 Å². The third-order valence-corrected chi connectivity index (χ3v) is 5.31. The van der Waals surface area contributed by atoms with Crippen molar-refractivity contribution in [2.75, 3.05) is 48.8 Å². The van der Waals surface area contributed by atoms with Crippen molar-refractivity contribution in [3.8, 4) is 0 Å². The van der Waals surface area contributed by atoms with Gasteiger partial charge in [0.25, 0.3) is 5.91 Å². The molecule has 3 aromatic rings. The van der Waals surface area contributed by atoms with Crippen molar-refractivity contribution in [3.63, 3.8) is 0 Å². The van der Waals surface area contributed by atoms with Crippen LogP contribution in [0.1, 0.15) is 28.7 Å². The minimum absolute atomic E-state index is 0.205. The molecule has 1 fully saturated rings. The van der Waals surface area contributed by atoms with Gasteiger partial charge in [-0.15, -0.1) is 0 Å². The Balaban J connectivity index is 1.51. The number of nitrogens with one attached hydrogen (secondary N) is 2. The zero-order valence-corrected chi connectivity index (χ0v) is 18.7. The maximum atomic E-state index is 12.7. The molecule has 0 radical (unpaired) electrons. The summed E-state index contributed by atoms with van der Waals surface area (Å²) in [6.07, 6.45) is 2.29. The second-order valence-corrected chi connectivity index (χ2v) is 7.90. The van der Waals surface area contributed by atoms with Crippen LogP contribution in [0.3, 0.4) is 0 Å². The van der Waals surface area contributed by atoms with Crippen molar-refractivity contribution in [2.24, 2.45) is 0 Å². The standard InChI is InChI=1S/C23H28N8O/c1-4-19-26-22(29-23(28-19)31-12-10-30(3)11-13-31)27-20-15-17(8-9-24-20)21(32)25-18-7-5-6-16(2)14-18/h5-9,14-15H,4,10-13H2,1-3H3,(H,25,32)(H,24,26,27,28,29). The monoisotopic (exact) mass is 432 g/mol. The highest BCUT2D eigenvalue weighted by Crippen LogP contribution is 2.18. The van der Waals surface area contributed by atoms with Gasteiger partial charge in [0.1, 0.15) is 11.6 Å². The number of nitrogens with zero attached hydrogens (tertiary/aromatic N) is 6. The first-order chi connectivity index (χ1) is 15.5. The van der Waals surface area contributed by atoms with Crippen LogP contribution in [0.25, 0.3) is 0 Å². The number of anilines is 4. The summed E-state index contributed by atoms with van der Waals surface area (Å²) in [5.74, 6) is 2.10. The van der Waals surface area contributed by atoms with E-state index < -0.39 is 0 Å². The molecule has 0 saturated carbocycles. The van der Waals surface area contributed by atoms with Gasteiger partial charge < -0.3 is 20.4 Å². The van der Waals surface area contributed by atoms with E-state index in [9.17, 15) is 4.79 Å². The van der Waals surface area contributed by atoms with Crippen molar-refractivity contribution in [3.05, 3.63) is 59.5 Å². The highest BCUT2D eigenvalue weighted by molar-refractivity contribution is 6.04. The van der Waals surface area contributed by atoms with Crippen LogP contribution >= 0.6 is 0 Å². The molecule has 2 N–H and O–H groups in total. The topological polar surface area (TPSA) is 99.2 Å². The fourth-order valence-corrected chi connectivity index (χ4v) is 3.45. The average Bonchev–Trinajstić information content (AvgIpc) is 2.79. The molecular formula is C23H28N8O. The number of carbonyl (C=O) groups excluding carboxylic acids is 1. The van der Waals surface area contributed by atoms with Crippen LogP contribution in [-0.2, 0) is 6.42 Å². The van der Waals surface area contributed by atoms with Gasteiger partial charge in [-0.25, -0.2) is 4.98 Å². The van der Waals surface area contributed by atoms with Gasteiger partial charge in [0.15, 0.2) is 0 Å². The fourth-order valence-electron chi connectivity index (χ4n) is 3.45. The van der Waals surface area contributed by atoms with Gasteiger partial charge in [0.05, 0.1) is 0 Å². The Bertz CT molecular complexity index is 1090. The number of aryl methyl sites for hydroxylation is 2. The maximum Gasteiger partial charge on any atom is 0.255 e. The van der Waals surface area contributed by atoms with E-state index in [0.717, 1.165) is 37.4 Å². The normalized spacial score (nSPS) is 14.3. The number of rotatable bonds is 6. The summed E-state index contributed by atoms with van der Waals surface area (Å²) in [5.41, 5.74) is 2.33. The van der Waals surface area contributed by atoms with Crippen LogP contribution in [0.5, 0.6) is 0 Å². The average molecular weight is 433 g/mol. The minimum atomic E-state index is -0.205. The van der Waals surface area contributed by atoms with Crippen LogP contribution in [0.2, 0.25) is 0 Å². The van der Waals surface area contributed by atoms with Crippen LogP contribution < -0.4 is 15.5 Å². The summed E-state index contributed by atoms with van der Waals surface area (Å²) in [7, 11) is 2.11. The summed E-state index contributed by atoms with van der Waals surface area (Å²) in [5, 5.41) is 6.06. The molecule has 3 heterocycles. The summed E-state index contributed by atoms with van der Waals surface area (Å²) < 4.78 is 0. The number of piperazine rings is 1. The lowest BCUT2D eigenvalue weighted by atomic mass is 10.2. The highest BCUT2D eigenvalue weighted by atomic mass is 16.1. The molecule has 9 heteroatoms. The lowest BCUT2D eigenvalue weighted by Crippen LogP contribution is -2.45. The molecule has 2 aromatic heterocycles. The molecule has 166 valence electrons. The van der Waals surface area contributed by atoms with Gasteiger partial charge in [-0.05, 0) is 43.8 Å². The Morgan fingerprint density at radius 2 is 1.88 bits per heavy atom. The van der Waals surface area contributed by atoms with E-state index in [0.29, 0.717) is 35.5 Å². The molecular weight excluding hydrogens is 404 g/mol. The number of hydrogen-bond donors (Lipinski definition) is 2. The number of aromatic nitrogens is 4. The van der Waals surface area contributed by atoms with Gasteiger partial charge >= 0.3 is 0 Å². The Kier molecular flexibility index (Phi) is 6.55. The number of hydrogen-bond acceptors (Lipinski definition) is 8. The molecule has 1 amide bonds. The third kappa shape index (κ3) is 5.36. The number of pyridine rings is 1. The molecule has 1 aromatic carbocycles.